The van der Waals surface area contributed by atoms with Crippen LogP contribution in [0.15, 0.2) is 10.6 Å². The van der Waals surface area contributed by atoms with E-state index in [1.807, 2.05) is 0 Å². The lowest BCUT2D eigenvalue weighted by molar-refractivity contribution is -0.115. The summed E-state index contributed by atoms with van der Waals surface area (Å²) in [4.78, 5) is 10.4. The topological polar surface area (TPSA) is 89.3 Å². The third-order valence-electron chi connectivity index (χ3n) is 1.25. The molecule has 0 aromatic heterocycles. The molecular formula is C4H6N2O3S. The molecule has 1 heterocycles. The highest BCUT2D eigenvalue weighted by molar-refractivity contribution is 7.94. The maximum Gasteiger partial charge on any atom is 0.281 e. The number of hydrogen-bond donors (Lipinski definition) is 2. The predicted molar refractivity (Wildman–Crippen MR) is 33.9 cm³/mol. The summed E-state index contributed by atoms with van der Waals surface area (Å²) in [6.45, 7) is 1.28. The van der Waals surface area contributed by atoms with E-state index in [-0.39, 0.29) is 10.6 Å². The molecule has 0 saturated heterocycles. The van der Waals surface area contributed by atoms with Crippen LogP contribution in [0.2, 0.25) is 0 Å². The van der Waals surface area contributed by atoms with Gasteiger partial charge in [0, 0.05) is 0 Å². The van der Waals surface area contributed by atoms with Crippen LogP contribution in [0.3, 0.4) is 0 Å². The molecule has 0 aromatic carbocycles. The van der Waals surface area contributed by atoms with Crippen molar-refractivity contribution in [2.24, 2.45) is 5.73 Å². The number of allylic oxidation sites excluding steroid dienone is 1. The first-order valence-electron chi connectivity index (χ1n) is 2.48. The zero-order chi connectivity index (χ0) is 7.94. The number of hydrogen-bond acceptors (Lipinski definition) is 4. The average Bonchev–Trinajstić information content (AvgIpc) is 1.95. The van der Waals surface area contributed by atoms with Crippen LogP contribution >= 0.6 is 0 Å². The molecule has 0 saturated carbocycles. The second kappa shape index (κ2) is 1.72. The van der Waals surface area contributed by atoms with Gasteiger partial charge in [0.1, 0.15) is 5.70 Å². The fourth-order valence-corrected chi connectivity index (χ4v) is 1.45. The lowest BCUT2D eigenvalue weighted by atomic mass is 10.4. The Hall–Kier alpha value is -1.04. The Balaban J connectivity index is 3.33. The first-order valence-corrected chi connectivity index (χ1v) is 3.97. The summed E-state index contributed by atoms with van der Waals surface area (Å²) in [7, 11) is -3.57. The Morgan fingerprint density at radius 2 is 2.00 bits per heavy atom. The second-order valence-electron chi connectivity index (χ2n) is 1.90. The molecule has 0 fully saturated rings. The van der Waals surface area contributed by atoms with Crippen molar-refractivity contribution in [1.82, 2.24) is 4.72 Å². The Morgan fingerprint density at radius 3 is 2.10 bits per heavy atom. The molecule has 3 N–H and O–H groups in total. The van der Waals surface area contributed by atoms with Crippen molar-refractivity contribution in [1.29, 1.82) is 0 Å². The van der Waals surface area contributed by atoms with Crippen LogP contribution in [0.25, 0.3) is 0 Å². The number of sulfonamides is 1. The van der Waals surface area contributed by atoms with Gasteiger partial charge in [-0.1, -0.05) is 0 Å². The van der Waals surface area contributed by atoms with Gasteiger partial charge in [0.25, 0.3) is 15.9 Å². The number of nitrogens with one attached hydrogen (secondary N) is 1. The molecule has 0 spiro atoms. The summed E-state index contributed by atoms with van der Waals surface area (Å²) in [5.74, 6) is -0.738. The molecule has 0 atom stereocenters. The Morgan fingerprint density at radius 1 is 1.50 bits per heavy atom. The van der Waals surface area contributed by atoms with Gasteiger partial charge in [-0.3, -0.25) is 4.79 Å². The van der Waals surface area contributed by atoms with Gasteiger partial charge >= 0.3 is 0 Å². The highest BCUT2D eigenvalue weighted by Gasteiger charge is 2.30. The van der Waals surface area contributed by atoms with E-state index in [9.17, 15) is 13.2 Å². The Kier molecular flexibility index (Phi) is 1.22. The zero-order valence-corrected chi connectivity index (χ0v) is 6.03. The summed E-state index contributed by atoms with van der Waals surface area (Å²) < 4.78 is 23.2. The van der Waals surface area contributed by atoms with Crippen LogP contribution in [-0.4, -0.2) is 14.3 Å². The molecule has 1 aliphatic heterocycles. The summed E-state index contributed by atoms with van der Waals surface area (Å²) >= 11 is 0. The third-order valence-corrected chi connectivity index (χ3v) is 2.73. The van der Waals surface area contributed by atoms with Crippen LogP contribution < -0.4 is 10.5 Å². The molecule has 1 rings (SSSR count). The summed E-state index contributed by atoms with van der Waals surface area (Å²) in [5, 5.41) is 0. The van der Waals surface area contributed by atoms with Crippen LogP contribution in [0.1, 0.15) is 6.92 Å². The van der Waals surface area contributed by atoms with Crippen molar-refractivity contribution in [3.63, 3.8) is 0 Å². The summed E-state index contributed by atoms with van der Waals surface area (Å²) in [6.07, 6.45) is 0. The van der Waals surface area contributed by atoms with Gasteiger partial charge < -0.3 is 5.73 Å². The van der Waals surface area contributed by atoms with Crippen LogP contribution in [0.5, 0.6) is 0 Å². The molecule has 0 bridgehead atoms. The lowest BCUT2D eigenvalue weighted by Crippen LogP contribution is -2.24. The molecule has 56 valence electrons. The number of carbonyl (C=O) groups excluding carboxylic acids is 1. The molecule has 0 radical (unpaired) electrons. The zero-order valence-electron chi connectivity index (χ0n) is 5.21. The van der Waals surface area contributed by atoms with Gasteiger partial charge in [-0.2, -0.15) is 0 Å². The summed E-state index contributed by atoms with van der Waals surface area (Å²) in [5.41, 5.74) is 4.86. The molecule has 5 nitrogen and oxygen atoms in total. The lowest BCUT2D eigenvalue weighted by Gasteiger charge is -1.90. The highest BCUT2D eigenvalue weighted by Crippen LogP contribution is 2.12. The van der Waals surface area contributed by atoms with Gasteiger partial charge in [-0.05, 0) is 6.92 Å². The number of amides is 1. The minimum absolute atomic E-state index is 0.0995. The molecule has 10 heavy (non-hydrogen) atoms. The van der Waals surface area contributed by atoms with E-state index in [0.717, 1.165) is 0 Å². The third kappa shape index (κ3) is 0.766. The molecule has 0 aliphatic carbocycles. The van der Waals surface area contributed by atoms with Gasteiger partial charge in [-0.15, -0.1) is 0 Å². The van der Waals surface area contributed by atoms with Gasteiger partial charge in [0.05, 0.1) is 4.91 Å². The van der Waals surface area contributed by atoms with Gasteiger partial charge in [-0.25, -0.2) is 13.1 Å². The van der Waals surface area contributed by atoms with E-state index < -0.39 is 15.9 Å². The minimum Gasteiger partial charge on any atom is -0.393 e. The first kappa shape index (κ1) is 7.07. The summed E-state index contributed by atoms with van der Waals surface area (Å²) in [6, 6.07) is 0. The van der Waals surface area contributed by atoms with Gasteiger partial charge in [0.15, 0.2) is 0 Å². The molecule has 1 amide bonds. The predicted octanol–water partition coefficient (Wildman–Crippen LogP) is -1.36. The standard InChI is InChI=1S/C4H6N2O3S/c1-2-3(5)4(7)6-10(2,8)9/h5H2,1H3,(H,6,7). The number of nitrogens with two attached hydrogens (primary N) is 1. The van der Waals surface area contributed by atoms with Crippen molar-refractivity contribution < 1.29 is 13.2 Å². The van der Waals surface area contributed by atoms with E-state index in [1.54, 1.807) is 4.72 Å². The van der Waals surface area contributed by atoms with Crippen LogP contribution in [0, 0.1) is 0 Å². The van der Waals surface area contributed by atoms with Crippen molar-refractivity contribution in [3.05, 3.63) is 10.6 Å². The monoisotopic (exact) mass is 162 g/mol. The van der Waals surface area contributed by atoms with E-state index in [0.29, 0.717) is 0 Å². The quantitative estimate of drug-likeness (QED) is 0.460. The molecule has 0 aromatic rings. The van der Waals surface area contributed by atoms with E-state index in [1.165, 1.54) is 6.92 Å². The molecule has 1 aliphatic rings. The van der Waals surface area contributed by atoms with E-state index in [2.05, 4.69) is 0 Å². The van der Waals surface area contributed by atoms with E-state index in [4.69, 9.17) is 5.73 Å². The molecule has 0 unspecified atom stereocenters. The average molecular weight is 162 g/mol. The van der Waals surface area contributed by atoms with Crippen molar-refractivity contribution in [2.75, 3.05) is 0 Å². The maximum absolute atomic E-state index is 10.7. The van der Waals surface area contributed by atoms with E-state index >= 15 is 0 Å². The maximum atomic E-state index is 10.7. The normalized spacial score (nSPS) is 23.1. The Labute approximate surface area is 58.0 Å². The van der Waals surface area contributed by atoms with Crippen molar-refractivity contribution in [3.8, 4) is 0 Å². The van der Waals surface area contributed by atoms with Crippen LogP contribution in [-0.2, 0) is 14.8 Å². The minimum atomic E-state index is -3.57. The fourth-order valence-electron chi connectivity index (χ4n) is 0.558. The van der Waals surface area contributed by atoms with Gasteiger partial charge in [0.2, 0.25) is 0 Å². The van der Waals surface area contributed by atoms with Crippen LogP contribution in [0.4, 0.5) is 0 Å². The SMILES string of the molecule is CC1=C(N)C(=O)NS1(=O)=O. The number of carbonyl (C=O) groups is 1. The second-order valence-corrected chi connectivity index (χ2v) is 3.73. The highest BCUT2D eigenvalue weighted by atomic mass is 32.2. The largest absolute Gasteiger partial charge is 0.393 e. The fraction of sp³-hybridized carbons (Fsp3) is 0.250. The van der Waals surface area contributed by atoms with Crippen molar-refractivity contribution in [2.45, 2.75) is 6.92 Å². The smallest absolute Gasteiger partial charge is 0.281 e. The molecule has 6 heteroatoms. The first-order chi connectivity index (χ1) is 4.45. The van der Waals surface area contributed by atoms with Crippen molar-refractivity contribution >= 4 is 15.9 Å². The number of rotatable bonds is 0. The Bertz CT molecular complexity index is 313. The molecular weight excluding hydrogens is 156 g/mol.